The fourth-order valence-electron chi connectivity index (χ4n) is 4.11. The predicted octanol–water partition coefficient (Wildman–Crippen LogP) is 6.97. The average molecular weight is 498 g/mol. The Morgan fingerprint density at radius 3 is 2.62 bits per heavy atom. The number of halogens is 2. The van der Waals surface area contributed by atoms with Gasteiger partial charge in [0, 0.05) is 34.5 Å². The lowest BCUT2D eigenvalue weighted by atomic mass is 9.85. The molecule has 1 aliphatic rings. The van der Waals surface area contributed by atoms with E-state index in [0.717, 1.165) is 18.5 Å². The van der Waals surface area contributed by atoms with Gasteiger partial charge in [0.05, 0.1) is 18.1 Å². The van der Waals surface area contributed by atoms with E-state index in [4.69, 9.17) is 11.6 Å². The first-order valence-electron chi connectivity index (χ1n) is 11.6. The van der Waals surface area contributed by atoms with Gasteiger partial charge >= 0.3 is 0 Å². The van der Waals surface area contributed by atoms with Gasteiger partial charge in [-0.25, -0.2) is 8.70 Å². The van der Waals surface area contributed by atoms with Crippen LogP contribution in [0.3, 0.4) is 0 Å². The molecule has 0 spiro atoms. The van der Waals surface area contributed by atoms with Crippen molar-refractivity contribution < 1.29 is 9.18 Å². The van der Waals surface area contributed by atoms with Crippen molar-refractivity contribution in [3.05, 3.63) is 89.0 Å². The molecule has 0 saturated carbocycles. The molecule has 1 amide bonds. The van der Waals surface area contributed by atoms with E-state index in [1.807, 2.05) is 42.5 Å². The predicted molar refractivity (Wildman–Crippen MR) is 138 cm³/mol. The fourth-order valence-corrected chi connectivity index (χ4v) is 5.29. The van der Waals surface area contributed by atoms with Crippen molar-refractivity contribution in [2.45, 2.75) is 50.0 Å². The van der Waals surface area contributed by atoms with Gasteiger partial charge in [-0.15, -0.1) is 0 Å². The van der Waals surface area contributed by atoms with Crippen LogP contribution in [0.1, 0.15) is 43.7 Å². The number of pyridine rings is 1. The molecule has 0 radical (unpaired) electrons. The van der Waals surface area contributed by atoms with Gasteiger partial charge in [-0.05, 0) is 66.5 Å². The number of nitrogens with one attached hydrogen (secondary N) is 1. The first kappa shape index (κ1) is 24.7. The van der Waals surface area contributed by atoms with Gasteiger partial charge in [0.25, 0.3) is 0 Å². The fraction of sp³-hybridized carbons (Fsp3) is 0.333. The molecule has 1 aromatic heterocycles. The summed E-state index contributed by atoms with van der Waals surface area (Å²) in [6.45, 7) is 5.16. The quantitative estimate of drug-likeness (QED) is 0.243. The van der Waals surface area contributed by atoms with Crippen LogP contribution in [-0.4, -0.2) is 27.8 Å². The molecule has 1 fully saturated rings. The molecule has 2 aromatic carbocycles. The summed E-state index contributed by atoms with van der Waals surface area (Å²) in [4.78, 5) is 18.1. The third-order valence-electron chi connectivity index (χ3n) is 6.15. The molecule has 4 nitrogen and oxygen atoms in total. The molecule has 3 atom stereocenters. The lowest BCUT2D eigenvalue weighted by Gasteiger charge is -2.21. The van der Waals surface area contributed by atoms with Gasteiger partial charge < -0.3 is 5.32 Å². The number of benzene rings is 2. The molecule has 0 bridgehead atoms. The van der Waals surface area contributed by atoms with Crippen LogP contribution in [0, 0.1) is 11.7 Å². The second-order valence-electron chi connectivity index (χ2n) is 9.00. The molecular formula is C27H29ClFN3OS. The highest BCUT2D eigenvalue weighted by Crippen LogP contribution is 2.37. The van der Waals surface area contributed by atoms with Gasteiger partial charge in [-0.2, -0.15) is 0 Å². The number of aromatic nitrogens is 1. The summed E-state index contributed by atoms with van der Waals surface area (Å²) in [6, 6.07) is 18.2. The molecule has 2 heterocycles. The summed E-state index contributed by atoms with van der Waals surface area (Å²) in [5.74, 6) is -0.217. The van der Waals surface area contributed by atoms with Crippen molar-refractivity contribution in [3.8, 4) is 0 Å². The lowest BCUT2D eigenvalue weighted by Crippen LogP contribution is -2.20. The Hall–Kier alpha value is -2.41. The highest BCUT2D eigenvalue weighted by atomic mass is 35.5. The highest BCUT2D eigenvalue weighted by Gasteiger charge is 2.35. The maximum Gasteiger partial charge on any atom is 0.225 e. The van der Waals surface area contributed by atoms with Crippen molar-refractivity contribution in [2.75, 3.05) is 11.9 Å². The largest absolute Gasteiger partial charge is 0.324 e. The lowest BCUT2D eigenvalue weighted by molar-refractivity contribution is -0.116. The first-order chi connectivity index (χ1) is 16.4. The van der Waals surface area contributed by atoms with E-state index in [2.05, 4.69) is 40.6 Å². The van der Waals surface area contributed by atoms with Crippen LogP contribution in [0.5, 0.6) is 0 Å². The number of carbonyl (C=O) groups is 1. The van der Waals surface area contributed by atoms with Gasteiger partial charge in [-0.3, -0.25) is 9.78 Å². The zero-order valence-electron chi connectivity index (χ0n) is 19.4. The minimum absolute atomic E-state index is 0.0391. The van der Waals surface area contributed by atoms with Gasteiger partial charge in [-0.1, -0.05) is 55.8 Å². The summed E-state index contributed by atoms with van der Waals surface area (Å²) >= 11 is 7.75. The molecule has 34 heavy (non-hydrogen) atoms. The van der Waals surface area contributed by atoms with Crippen LogP contribution < -0.4 is 5.32 Å². The average Bonchev–Trinajstić information content (AvgIpc) is 3.56. The molecule has 4 rings (SSSR count). The Labute approximate surface area is 210 Å². The molecule has 1 N–H and O–H groups in total. The Kier molecular flexibility index (Phi) is 8.24. The van der Waals surface area contributed by atoms with E-state index in [1.165, 1.54) is 11.1 Å². The van der Waals surface area contributed by atoms with Gasteiger partial charge in [0.15, 0.2) is 0 Å². The molecule has 7 heteroatoms. The smallest absolute Gasteiger partial charge is 0.225 e. The van der Waals surface area contributed by atoms with Crippen LogP contribution in [0.15, 0.2) is 71.9 Å². The zero-order valence-corrected chi connectivity index (χ0v) is 21.0. The number of nitrogens with zero attached hydrogens (tertiary/aromatic N) is 2. The summed E-state index contributed by atoms with van der Waals surface area (Å²) in [5, 5.41) is 3.60. The third-order valence-corrected chi connectivity index (χ3v) is 7.56. The third kappa shape index (κ3) is 6.59. The molecule has 3 aromatic rings. The molecule has 2 unspecified atom stereocenters. The van der Waals surface area contributed by atoms with Crippen molar-refractivity contribution in [1.29, 1.82) is 0 Å². The summed E-state index contributed by atoms with van der Waals surface area (Å²) in [6.07, 6.45) is 4.44. The maximum atomic E-state index is 14.7. The normalized spacial score (nSPS) is 18.0. The zero-order chi connectivity index (χ0) is 24.1. The van der Waals surface area contributed by atoms with Crippen molar-refractivity contribution in [2.24, 2.45) is 5.92 Å². The van der Waals surface area contributed by atoms with E-state index in [9.17, 15) is 9.18 Å². The Morgan fingerprint density at radius 2 is 1.91 bits per heavy atom. The number of anilines is 1. The van der Waals surface area contributed by atoms with Gasteiger partial charge in [0.1, 0.15) is 5.82 Å². The molecule has 1 aliphatic heterocycles. The van der Waals surface area contributed by atoms with Crippen LogP contribution in [-0.2, 0) is 11.2 Å². The molecular weight excluding hydrogens is 469 g/mol. The van der Waals surface area contributed by atoms with Crippen molar-refractivity contribution >= 4 is 35.1 Å². The summed E-state index contributed by atoms with van der Waals surface area (Å²) < 4.78 is 17.0. The Morgan fingerprint density at radius 1 is 1.18 bits per heavy atom. The number of carbonyl (C=O) groups excluding carboxylic acids is 1. The number of rotatable bonds is 10. The second kappa shape index (κ2) is 11.3. The van der Waals surface area contributed by atoms with E-state index < -0.39 is 0 Å². The van der Waals surface area contributed by atoms with E-state index in [-0.39, 0.29) is 23.6 Å². The second-order valence-corrected chi connectivity index (χ2v) is 10.6. The number of hydrogen-bond acceptors (Lipinski definition) is 4. The Bertz CT molecular complexity index is 1110. The topological polar surface area (TPSA) is 45.0 Å². The van der Waals surface area contributed by atoms with Crippen molar-refractivity contribution in [3.63, 3.8) is 0 Å². The monoisotopic (exact) mass is 497 g/mol. The minimum Gasteiger partial charge on any atom is -0.324 e. The Balaban J connectivity index is 1.36. The van der Waals surface area contributed by atoms with Crippen LogP contribution in [0.2, 0.25) is 5.02 Å². The van der Waals surface area contributed by atoms with Crippen LogP contribution in [0.25, 0.3) is 0 Å². The maximum absolute atomic E-state index is 14.7. The SMILES string of the molecule is CC(C)C(CC(=O)Nc1cncc(F)c1CC[C@H]1CN1Sc1ccccc1)c1ccc(Cl)cc1. The molecule has 178 valence electrons. The van der Waals surface area contributed by atoms with Crippen molar-refractivity contribution in [1.82, 2.24) is 9.29 Å². The summed E-state index contributed by atoms with van der Waals surface area (Å²) in [5.41, 5.74) is 2.05. The number of amides is 1. The first-order valence-corrected chi connectivity index (χ1v) is 12.7. The molecule has 1 saturated heterocycles. The van der Waals surface area contributed by atoms with E-state index in [0.29, 0.717) is 35.2 Å². The standard InChI is InChI=1S/C27H29ClFN3OS/c1-18(2)24(19-8-10-20(28)11-9-19)14-27(33)31-26-16-30-15-25(29)23(26)13-12-21-17-32(21)34-22-6-4-3-5-7-22/h3-11,15-16,18,21,24H,12-14,17H2,1-2H3,(H,31,33)/t21-,24?,32?/m0/s1. The highest BCUT2D eigenvalue weighted by molar-refractivity contribution is 7.97. The van der Waals surface area contributed by atoms with Crippen LogP contribution in [0.4, 0.5) is 10.1 Å². The molecule has 0 aliphatic carbocycles. The van der Waals surface area contributed by atoms with E-state index >= 15 is 0 Å². The minimum atomic E-state index is -0.376. The summed E-state index contributed by atoms with van der Waals surface area (Å²) in [7, 11) is 0. The number of hydrogen-bond donors (Lipinski definition) is 1. The van der Waals surface area contributed by atoms with Gasteiger partial charge in [0.2, 0.25) is 5.91 Å². The van der Waals surface area contributed by atoms with Crippen LogP contribution >= 0.6 is 23.5 Å². The van der Waals surface area contributed by atoms with E-state index in [1.54, 1.807) is 18.1 Å².